The Morgan fingerprint density at radius 1 is 1.53 bits per heavy atom. The van der Waals surface area contributed by atoms with Crippen molar-refractivity contribution in [3.8, 4) is 5.75 Å². The van der Waals surface area contributed by atoms with Gasteiger partial charge in [-0.25, -0.2) is 0 Å². The Kier molecular flexibility index (Phi) is 3.91. The average Bonchev–Trinajstić information content (AvgIpc) is 2.15. The van der Waals surface area contributed by atoms with Crippen LogP contribution in [0.15, 0.2) is 10.5 Å². The standard InChI is InChI=1S/C12H15BrO2/c1-7(4-5-14)11-8(2)6-10(15)12(13)9(11)3/h5-7,15H,4H2,1-3H3. The van der Waals surface area contributed by atoms with Gasteiger partial charge in [-0.05, 0) is 58.5 Å². The highest BCUT2D eigenvalue weighted by atomic mass is 79.9. The topological polar surface area (TPSA) is 37.3 Å². The van der Waals surface area contributed by atoms with E-state index in [-0.39, 0.29) is 11.7 Å². The predicted molar refractivity (Wildman–Crippen MR) is 64.4 cm³/mol. The van der Waals surface area contributed by atoms with Gasteiger partial charge in [0.15, 0.2) is 0 Å². The van der Waals surface area contributed by atoms with Crippen LogP contribution in [0.2, 0.25) is 0 Å². The number of aldehydes is 1. The molecular weight excluding hydrogens is 256 g/mol. The monoisotopic (exact) mass is 270 g/mol. The first-order valence-electron chi connectivity index (χ1n) is 4.91. The Morgan fingerprint density at radius 3 is 2.67 bits per heavy atom. The summed E-state index contributed by atoms with van der Waals surface area (Å²) in [6.07, 6.45) is 1.45. The SMILES string of the molecule is Cc1cc(O)c(Br)c(C)c1C(C)CC=O. The number of phenolic OH excluding ortho intramolecular Hbond substituents is 1. The van der Waals surface area contributed by atoms with Crippen molar-refractivity contribution in [3.05, 3.63) is 27.2 Å². The van der Waals surface area contributed by atoms with E-state index in [1.165, 1.54) is 0 Å². The van der Waals surface area contributed by atoms with Gasteiger partial charge in [0.25, 0.3) is 0 Å². The zero-order chi connectivity index (χ0) is 11.6. The van der Waals surface area contributed by atoms with Crippen LogP contribution in [0.1, 0.15) is 36.0 Å². The highest BCUT2D eigenvalue weighted by Crippen LogP contribution is 2.36. The number of aromatic hydroxyl groups is 1. The summed E-state index contributed by atoms with van der Waals surface area (Å²) in [7, 11) is 0. The number of aryl methyl sites for hydroxylation is 1. The molecule has 0 amide bonds. The maximum absolute atomic E-state index is 10.5. The summed E-state index contributed by atoms with van der Waals surface area (Å²) in [5, 5.41) is 9.60. The number of phenols is 1. The largest absolute Gasteiger partial charge is 0.507 e. The molecule has 0 bridgehead atoms. The van der Waals surface area contributed by atoms with E-state index in [4.69, 9.17) is 0 Å². The van der Waals surface area contributed by atoms with Crippen molar-refractivity contribution >= 4 is 22.2 Å². The molecule has 1 aromatic carbocycles. The fourth-order valence-corrected chi connectivity index (χ4v) is 2.30. The molecule has 0 spiro atoms. The van der Waals surface area contributed by atoms with Crippen LogP contribution in [0.3, 0.4) is 0 Å². The number of carbonyl (C=O) groups excluding carboxylic acids is 1. The van der Waals surface area contributed by atoms with E-state index in [2.05, 4.69) is 15.9 Å². The molecule has 0 saturated heterocycles. The molecule has 0 fully saturated rings. The molecule has 15 heavy (non-hydrogen) atoms. The van der Waals surface area contributed by atoms with Crippen molar-refractivity contribution in [2.75, 3.05) is 0 Å². The number of hydrogen-bond donors (Lipinski definition) is 1. The van der Waals surface area contributed by atoms with Crippen molar-refractivity contribution in [1.82, 2.24) is 0 Å². The summed E-state index contributed by atoms with van der Waals surface area (Å²) < 4.78 is 0.723. The Hall–Kier alpha value is -0.830. The number of benzene rings is 1. The van der Waals surface area contributed by atoms with E-state index in [9.17, 15) is 9.90 Å². The second-order valence-electron chi connectivity index (χ2n) is 3.87. The van der Waals surface area contributed by atoms with Crippen molar-refractivity contribution in [2.45, 2.75) is 33.1 Å². The van der Waals surface area contributed by atoms with Gasteiger partial charge in [-0.15, -0.1) is 0 Å². The molecule has 0 aromatic heterocycles. The minimum absolute atomic E-state index is 0.194. The maximum atomic E-state index is 10.5. The number of hydrogen-bond acceptors (Lipinski definition) is 2. The summed E-state index contributed by atoms with van der Waals surface area (Å²) in [4.78, 5) is 10.5. The molecule has 1 aromatic rings. The van der Waals surface area contributed by atoms with Gasteiger partial charge in [0.1, 0.15) is 12.0 Å². The molecule has 0 aliphatic carbocycles. The molecule has 0 heterocycles. The van der Waals surface area contributed by atoms with Gasteiger partial charge in [-0.3, -0.25) is 0 Å². The molecule has 82 valence electrons. The number of halogens is 1. The third-order valence-corrected chi connectivity index (χ3v) is 3.68. The van der Waals surface area contributed by atoms with E-state index >= 15 is 0 Å². The highest BCUT2D eigenvalue weighted by molar-refractivity contribution is 9.10. The molecule has 1 N–H and O–H groups in total. The minimum Gasteiger partial charge on any atom is -0.507 e. The van der Waals surface area contributed by atoms with Crippen LogP contribution in [0.5, 0.6) is 5.75 Å². The summed E-state index contributed by atoms with van der Waals surface area (Å²) in [5.74, 6) is 0.450. The molecule has 0 aliphatic heterocycles. The van der Waals surface area contributed by atoms with Crippen molar-refractivity contribution in [3.63, 3.8) is 0 Å². The third kappa shape index (κ3) is 2.40. The predicted octanol–water partition coefficient (Wildman–Crippen LogP) is 3.46. The Morgan fingerprint density at radius 2 is 2.13 bits per heavy atom. The van der Waals surface area contributed by atoms with Crippen molar-refractivity contribution in [2.24, 2.45) is 0 Å². The molecule has 2 nitrogen and oxygen atoms in total. The second-order valence-corrected chi connectivity index (χ2v) is 4.66. The fraction of sp³-hybridized carbons (Fsp3) is 0.417. The normalized spacial score (nSPS) is 12.5. The van der Waals surface area contributed by atoms with Crippen LogP contribution >= 0.6 is 15.9 Å². The van der Waals surface area contributed by atoms with Gasteiger partial charge in [0, 0.05) is 6.42 Å². The van der Waals surface area contributed by atoms with Crippen LogP contribution in [-0.2, 0) is 4.79 Å². The number of rotatable bonds is 3. The summed E-state index contributed by atoms with van der Waals surface area (Å²) in [6.45, 7) is 5.93. The molecule has 0 saturated carbocycles. The van der Waals surface area contributed by atoms with Crippen molar-refractivity contribution in [1.29, 1.82) is 0 Å². The zero-order valence-electron chi connectivity index (χ0n) is 9.17. The molecule has 0 aliphatic rings. The lowest BCUT2D eigenvalue weighted by Crippen LogP contribution is -2.01. The van der Waals surface area contributed by atoms with Crippen LogP contribution < -0.4 is 0 Å². The van der Waals surface area contributed by atoms with Gasteiger partial charge in [0.2, 0.25) is 0 Å². The van der Waals surface area contributed by atoms with E-state index in [1.807, 2.05) is 20.8 Å². The molecule has 1 rings (SSSR count). The fourth-order valence-electron chi connectivity index (χ4n) is 1.97. The molecule has 0 radical (unpaired) electrons. The van der Waals surface area contributed by atoms with Crippen LogP contribution in [0.4, 0.5) is 0 Å². The smallest absolute Gasteiger partial charge is 0.130 e. The first kappa shape index (κ1) is 12.2. The summed E-state index contributed by atoms with van der Waals surface area (Å²) in [5.41, 5.74) is 3.19. The van der Waals surface area contributed by atoms with Crippen LogP contribution in [-0.4, -0.2) is 11.4 Å². The van der Waals surface area contributed by atoms with Crippen LogP contribution in [0, 0.1) is 13.8 Å². The molecule has 3 heteroatoms. The van der Waals surface area contributed by atoms with E-state index in [0.717, 1.165) is 27.4 Å². The molecule has 1 unspecified atom stereocenters. The highest BCUT2D eigenvalue weighted by Gasteiger charge is 2.15. The quantitative estimate of drug-likeness (QED) is 0.855. The van der Waals surface area contributed by atoms with Crippen molar-refractivity contribution < 1.29 is 9.90 Å². The van der Waals surface area contributed by atoms with Gasteiger partial charge in [0.05, 0.1) is 4.47 Å². The lowest BCUT2D eigenvalue weighted by molar-refractivity contribution is -0.108. The van der Waals surface area contributed by atoms with Gasteiger partial charge in [-0.1, -0.05) is 6.92 Å². The Balaban J connectivity index is 3.28. The van der Waals surface area contributed by atoms with E-state index in [1.54, 1.807) is 6.07 Å². The number of carbonyl (C=O) groups is 1. The summed E-state index contributed by atoms with van der Waals surface area (Å²) in [6, 6.07) is 1.73. The molecular formula is C12H15BrO2. The minimum atomic E-state index is 0.194. The van der Waals surface area contributed by atoms with Gasteiger partial charge >= 0.3 is 0 Å². The third-order valence-electron chi connectivity index (χ3n) is 2.68. The first-order valence-corrected chi connectivity index (χ1v) is 5.70. The lowest BCUT2D eigenvalue weighted by Gasteiger charge is -2.17. The summed E-state index contributed by atoms with van der Waals surface area (Å²) >= 11 is 3.35. The van der Waals surface area contributed by atoms with Gasteiger partial charge in [-0.2, -0.15) is 0 Å². The van der Waals surface area contributed by atoms with E-state index in [0.29, 0.717) is 6.42 Å². The van der Waals surface area contributed by atoms with Gasteiger partial charge < -0.3 is 9.90 Å². The maximum Gasteiger partial charge on any atom is 0.130 e. The van der Waals surface area contributed by atoms with E-state index < -0.39 is 0 Å². The first-order chi connectivity index (χ1) is 6.99. The zero-order valence-corrected chi connectivity index (χ0v) is 10.8. The average molecular weight is 271 g/mol. The van der Waals surface area contributed by atoms with Crippen LogP contribution in [0.25, 0.3) is 0 Å². The lowest BCUT2D eigenvalue weighted by atomic mass is 9.90. The molecule has 1 atom stereocenters. The second kappa shape index (κ2) is 4.79. The Bertz CT molecular complexity index is 386. The Labute approximate surface area is 98.4 Å².